The molecule has 0 radical (unpaired) electrons. The molecule has 0 spiro atoms. The van der Waals surface area contributed by atoms with Crippen LogP contribution in [0.25, 0.3) is 0 Å². The maximum atomic E-state index is 12.5. The van der Waals surface area contributed by atoms with Crippen LogP contribution in [0, 0.1) is 0 Å². The predicted molar refractivity (Wildman–Crippen MR) is 94.7 cm³/mol. The molecule has 0 aliphatic heterocycles. The summed E-state index contributed by atoms with van der Waals surface area (Å²) in [7, 11) is -3.26. The zero-order valence-corrected chi connectivity index (χ0v) is 14.8. The Labute approximate surface area is 144 Å². The van der Waals surface area contributed by atoms with Crippen molar-refractivity contribution in [1.82, 2.24) is 0 Å². The van der Waals surface area contributed by atoms with Gasteiger partial charge < -0.3 is 10.1 Å². The molecule has 1 saturated carbocycles. The molecule has 1 N–H and O–H groups in total. The first kappa shape index (κ1) is 18.7. The van der Waals surface area contributed by atoms with Crippen LogP contribution in [0.4, 0.5) is 5.69 Å². The molecule has 6 heteroatoms. The lowest BCUT2D eigenvalue weighted by molar-refractivity contribution is -0.126. The quantitative estimate of drug-likeness (QED) is 0.576. The lowest BCUT2D eigenvalue weighted by atomic mass is 10.3. The Balaban J connectivity index is 1.96. The van der Waals surface area contributed by atoms with E-state index in [0.29, 0.717) is 23.6 Å². The van der Waals surface area contributed by atoms with E-state index in [1.54, 1.807) is 37.3 Å². The van der Waals surface area contributed by atoms with Crippen LogP contribution in [-0.2, 0) is 19.4 Å². The van der Waals surface area contributed by atoms with E-state index in [1.165, 1.54) is 0 Å². The van der Waals surface area contributed by atoms with Gasteiger partial charge in [0.1, 0.15) is 6.10 Å². The third-order valence-corrected chi connectivity index (χ3v) is 6.53. The van der Waals surface area contributed by atoms with Crippen LogP contribution in [0.5, 0.6) is 0 Å². The van der Waals surface area contributed by atoms with Gasteiger partial charge in [0, 0.05) is 5.69 Å². The Morgan fingerprint density at radius 1 is 1.33 bits per heavy atom. The maximum Gasteiger partial charge on any atom is 0.253 e. The number of sulfone groups is 1. The van der Waals surface area contributed by atoms with E-state index in [2.05, 4.69) is 11.9 Å². The summed E-state index contributed by atoms with van der Waals surface area (Å²) in [5.74, 6) is -0.259. The second kappa shape index (κ2) is 8.44. The Morgan fingerprint density at radius 3 is 2.54 bits per heavy atom. The van der Waals surface area contributed by atoms with Crippen molar-refractivity contribution in [2.24, 2.45) is 0 Å². The SMILES string of the molecule is C=CCCOC(C)C(=O)Nc1ccc(S(=O)(=O)C2CCCC2)cc1. The number of amides is 1. The van der Waals surface area contributed by atoms with Crippen LogP contribution >= 0.6 is 0 Å². The second-order valence-electron chi connectivity index (χ2n) is 6.06. The highest BCUT2D eigenvalue weighted by Crippen LogP contribution is 2.30. The van der Waals surface area contributed by atoms with E-state index in [0.717, 1.165) is 25.7 Å². The van der Waals surface area contributed by atoms with E-state index in [1.807, 2.05) is 0 Å². The number of hydrogen-bond donors (Lipinski definition) is 1. The summed E-state index contributed by atoms with van der Waals surface area (Å²) in [4.78, 5) is 12.3. The van der Waals surface area contributed by atoms with Crippen molar-refractivity contribution in [2.75, 3.05) is 11.9 Å². The highest BCUT2D eigenvalue weighted by Gasteiger charge is 2.30. The lowest BCUT2D eigenvalue weighted by Gasteiger charge is -2.14. The molecule has 24 heavy (non-hydrogen) atoms. The van der Waals surface area contributed by atoms with Crippen LogP contribution < -0.4 is 5.32 Å². The number of rotatable bonds is 8. The Morgan fingerprint density at radius 2 is 1.96 bits per heavy atom. The molecular formula is C18H25NO4S. The van der Waals surface area contributed by atoms with E-state index >= 15 is 0 Å². The minimum absolute atomic E-state index is 0.259. The second-order valence-corrected chi connectivity index (χ2v) is 8.28. The van der Waals surface area contributed by atoms with Gasteiger partial charge >= 0.3 is 0 Å². The van der Waals surface area contributed by atoms with Gasteiger partial charge in [0.15, 0.2) is 9.84 Å². The molecule has 132 valence electrons. The maximum absolute atomic E-state index is 12.5. The number of anilines is 1. The first-order valence-electron chi connectivity index (χ1n) is 8.32. The predicted octanol–water partition coefficient (Wildman–Crippen LogP) is 3.32. The zero-order valence-electron chi connectivity index (χ0n) is 14.0. The number of carbonyl (C=O) groups is 1. The average molecular weight is 351 g/mol. The highest BCUT2D eigenvalue weighted by molar-refractivity contribution is 7.92. The van der Waals surface area contributed by atoms with Crippen LogP contribution in [0.2, 0.25) is 0 Å². The van der Waals surface area contributed by atoms with E-state index < -0.39 is 15.9 Å². The summed E-state index contributed by atoms with van der Waals surface area (Å²) >= 11 is 0. The summed E-state index contributed by atoms with van der Waals surface area (Å²) in [5.41, 5.74) is 0.560. The monoisotopic (exact) mass is 351 g/mol. The van der Waals surface area contributed by atoms with Crippen molar-refractivity contribution in [3.63, 3.8) is 0 Å². The standard InChI is InChI=1S/C18H25NO4S/c1-3-4-13-23-14(2)18(20)19-15-9-11-17(12-10-15)24(21,22)16-7-5-6-8-16/h3,9-12,14,16H,1,4-8,13H2,2H3,(H,19,20). The fraction of sp³-hybridized carbons (Fsp3) is 0.500. The molecule has 1 amide bonds. The zero-order chi connectivity index (χ0) is 17.6. The Kier molecular flexibility index (Phi) is 6.57. The smallest absolute Gasteiger partial charge is 0.253 e. The van der Waals surface area contributed by atoms with Crippen molar-refractivity contribution >= 4 is 21.4 Å². The molecule has 0 heterocycles. The van der Waals surface area contributed by atoms with Crippen LogP contribution in [0.3, 0.4) is 0 Å². The highest BCUT2D eigenvalue weighted by atomic mass is 32.2. The van der Waals surface area contributed by atoms with Crippen molar-refractivity contribution in [2.45, 2.75) is 55.3 Å². The minimum atomic E-state index is -3.26. The molecular weight excluding hydrogens is 326 g/mol. The van der Waals surface area contributed by atoms with Gasteiger partial charge in [0.05, 0.1) is 16.8 Å². The number of ether oxygens (including phenoxy) is 1. The first-order valence-corrected chi connectivity index (χ1v) is 9.87. The molecule has 5 nitrogen and oxygen atoms in total. The fourth-order valence-electron chi connectivity index (χ4n) is 2.77. The van der Waals surface area contributed by atoms with Gasteiger partial charge in [-0.05, 0) is 50.5 Å². The van der Waals surface area contributed by atoms with Gasteiger partial charge in [-0.25, -0.2) is 8.42 Å². The molecule has 0 saturated heterocycles. The van der Waals surface area contributed by atoms with E-state index in [9.17, 15) is 13.2 Å². The molecule has 1 fully saturated rings. The van der Waals surface area contributed by atoms with E-state index in [4.69, 9.17) is 4.74 Å². The largest absolute Gasteiger partial charge is 0.368 e. The molecule has 1 aromatic carbocycles. The van der Waals surface area contributed by atoms with Gasteiger partial charge in [0.25, 0.3) is 5.91 Å². The van der Waals surface area contributed by atoms with Gasteiger partial charge in [0.2, 0.25) is 0 Å². The van der Waals surface area contributed by atoms with Gasteiger partial charge in [-0.15, -0.1) is 6.58 Å². The van der Waals surface area contributed by atoms with Gasteiger partial charge in [-0.2, -0.15) is 0 Å². The number of benzene rings is 1. The van der Waals surface area contributed by atoms with Crippen molar-refractivity contribution in [3.8, 4) is 0 Å². The molecule has 1 atom stereocenters. The summed E-state index contributed by atoms with van der Waals surface area (Å²) in [5, 5.41) is 2.46. The summed E-state index contributed by atoms with van der Waals surface area (Å²) in [6.07, 6.45) is 5.26. The Hall–Kier alpha value is -1.66. The molecule has 2 rings (SSSR count). The third-order valence-electron chi connectivity index (χ3n) is 4.25. The van der Waals surface area contributed by atoms with Gasteiger partial charge in [-0.3, -0.25) is 4.79 Å². The van der Waals surface area contributed by atoms with Crippen LogP contribution in [0.15, 0.2) is 41.8 Å². The number of hydrogen-bond acceptors (Lipinski definition) is 4. The first-order chi connectivity index (χ1) is 11.4. The minimum Gasteiger partial charge on any atom is -0.368 e. The summed E-state index contributed by atoms with van der Waals surface area (Å²) < 4.78 is 30.4. The third kappa shape index (κ3) is 4.68. The normalized spacial score (nSPS) is 16.7. The molecule has 1 aliphatic carbocycles. The number of nitrogens with one attached hydrogen (secondary N) is 1. The molecule has 0 aromatic heterocycles. The van der Waals surface area contributed by atoms with Crippen LogP contribution in [0.1, 0.15) is 39.0 Å². The summed E-state index contributed by atoms with van der Waals surface area (Å²) in [6, 6.07) is 6.37. The van der Waals surface area contributed by atoms with Crippen LogP contribution in [-0.4, -0.2) is 32.3 Å². The van der Waals surface area contributed by atoms with Crippen molar-refractivity contribution in [3.05, 3.63) is 36.9 Å². The number of carbonyl (C=O) groups excluding carboxylic acids is 1. The van der Waals surface area contributed by atoms with Crippen molar-refractivity contribution in [1.29, 1.82) is 0 Å². The Bertz CT molecular complexity index is 661. The summed E-state index contributed by atoms with van der Waals surface area (Å²) in [6.45, 7) is 5.72. The fourth-order valence-corrected chi connectivity index (χ4v) is 4.62. The lowest BCUT2D eigenvalue weighted by Crippen LogP contribution is -2.28. The topological polar surface area (TPSA) is 72.5 Å². The van der Waals surface area contributed by atoms with Gasteiger partial charge in [-0.1, -0.05) is 18.9 Å². The molecule has 1 unspecified atom stereocenters. The van der Waals surface area contributed by atoms with E-state index in [-0.39, 0.29) is 11.2 Å². The molecule has 1 aliphatic rings. The average Bonchev–Trinajstić information content (AvgIpc) is 3.10. The van der Waals surface area contributed by atoms with Crippen molar-refractivity contribution < 1.29 is 17.9 Å². The molecule has 1 aromatic rings. The molecule has 0 bridgehead atoms.